The first kappa shape index (κ1) is 16.2. The number of carbonyl (C=O) groups excluding carboxylic acids is 1. The van der Waals surface area contributed by atoms with Crippen molar-refractivity contribution in [2.75, 3.05) is 0 Å². The van der Waals surface area contributed by atoms with Crippen LogP contribution in [0.1, 0.15) is 40.9 Å². The van der Waals surface area contributed by atoms with Gasteiger partial charge in [0, 0.05) is 0 Å². The molecule has 2 rings (SSSR count). The van der Waals surface area contributed by atoms with E-state index in [9.17, 15) is 4.79 Å². The van der Waals surface area contributed by atoms with Crippen molar-refractivity contribution in [1.82, 2.24) is 5.43 Å². The summed E-state index contributed by atoms with van der Waals surface area (Å²) in [6.07, 6.45) is 0.999. The number of aryl methyl sites for hydroxylation is 2. The standard InChI is InChI=1S/C18H19ClN2O/c1-4-14-6-8-15(9-7-14)13(3)20-21-18(22)16-10-5-12(2)11-17(16)19/h5-11H,4H2,1-3H3,(H,21,22). The monoisotopic (exact) mass is 314 g/mol. The van der Waals surface area contributed by atoms with Crippen LogP contribution in [0.2, 0.25) is 5.02 Å². The lowest BCUT2D eigenvalue weighted by atomic mass is 10.1. The SMILES string of the molecule is CCc1ccc(C(C)=NNC(=O)c2ccc(C)cc2Cl)cc1. The second-order valence-corrected chi connectivity index (χ2v) is 5.58. The average molecular weight is 315 g/mol. The van der Waals surface area contributed by atoms with Crippen LogP contribution in [-0.2, 0) is 6.42 Å². The van der Waals surface area contributed by atoms with Crippen molar-refractivity contribution < 1.29 is 4.79 Å². The van der Waals surface area contributed by atoms with Crippen LogP contribution in [0.5, 0.6) is 0 Å². The summed E-state index contributed by atoms with van der Waals surface area (Å²) in [6.45, 7) is 5.90. The Morgan fingerprint density at radius 1 is 1.18 bits per heavy atom. The molecule has 2 aromatic carbocycles. The van der Waals surface area contributed by atoms with Crippen molar-refractivity contribution in [3.8, 4) is 0 Å². The predicted octanol–water partition coefficient (Wildman–Crippen LogP) is 4.36. The summed E-state index contributed by atoms with van der Waals surface area (Å²) in [5.41, 5.74) is 6.98. The van der Waals surface area contributed by atoms with Gasteiger partial charge in [-0.2, -0.15) is 5.10 Å². The number of halogens is 1. The molecule has 0 atom stereocenters. The Morgan fingerprint density at radius 3 is 2.45 bits per heavy atom. The summed E-state index contributed by atoms with van der Waals surface area (Å²) in [4.78, 5) is 12.1. The lowest BCUT2D eigenvalue weighted by Gasteiger charge is -2.06. The van der Waals surface area contributed by atoms with Gasteiger partial charge in [0.1, 0.15) is 0 Å². The molecule has 4 heteroatoms. The summed E-state index contributed by atoms with van der Waals surface area (Å²) in [5.74, 6) is -0.311. The predicted molar refractivity (Wildman–Crippen MR) is 91.7 cm³/mol. The molecule has 114 valence electrons. The van der Waals surface area contributed by atoms with Gasteiger partial charge in [0.25, 0.3) is 5.91 Å². The van der Waals surface area contributed by atoms with Gasteiger partial charge in [0.15, 0.2) is 0 Å². The highest BCUT2D eigenvalue weighted by molar-refractivity contribution is 6.33. The molecule has 22 heavy (non-hydrogen) atoms. The molecule has 0 aliphatic carbocycles. The summed E-state index contributed by atoms with van der Waals surface area (Å²) < 4.78 is 0. The normalized spacial score (nSPS) is 11.4. The van der Waals surface area contributed by atoms with Gasteiger partial charge >= 0.3 is 0 Å². The molecule has 0 unspecified atom stereocenters. The molecule has 0 spiro atoms. The number of benzene rings is 2. The third-order valence-corrected chi connectivity index (χ3v) is 3.79. The third-order valence-electron chi connectivity index (χ3n) is 3.47. The Bertz CT molecular complexity index is 706. The van der Waals surface area contributed by atoms with Crippen LogP contribution < -0.4 is 5.43 Å². The molecule has 0 fully saturated rings. The van der Waals surface area contributed by atoms with Crippen molar-refractivity contribution in [2.45, 2.75) is 27.2 Å². The molecular weight excluding hydrogens is 296 g/mol. The summed E-state index contributed by atoms with van der Waals surface area (Å²) in [6, 6.07) is 13.4. The Labute approximate surface area is 136 Å². The van der Waals surface area contributed by atoms with Crippen LogP contribution in [0, 0.1) is 6.92 Å². The quantitative estimate of drug-likeness (QED) is 0.661. The molecule has 1 amide bonds. The Kier molecular flexibility index (Phi) is 5.34. The number of amides is 1. The number of carbonyl (C=O) groups is 1. The van der Waals surface area contributed by atoms with Crippen molar-refractivity contribution in [2.24, 2.45) is 5.10 Å². The van der Waals surface area contributed by atoms with E-state index in [0.29, 0.717) is 10.6 Å². The second kappa shape index (κ2) is 7.23. The van der Waals surface area contributed by atoms with E-state index in [-0.39, 0.29) is 5.91 Å². The van der Waals surface area contributed by atoms with Gasteiger partial charge < -0.3 is 0 Å². The maximum Gasteiger partial charge on any atom is 0.272 e. The minimum absolute atomic E-state index is 0.311. The highest BCUT2D eigenvalue weighted by atomic mass is 35.5. The van der Waals surface area contributed by atoms with Crippen LogP contribution in [0.15, 0.2) is 47.6 Å². The number of hydrazone groups is 1. The zero-order valence-electron chi connectivity index (χ0n) is 13.0. The van der Waals surface area contributed by atoms with Gasteiger partial charge in [0.2, 0.25) is 0 Å². The zero-order chi connectivity index (χ0) is 16.1. The summed E-state index contributed by atoms with van der Waals surface area (Å²) in [7, 11) is 0. The van der Waals surface area contributed by atoms with Crippen LogP contribution in [0.3, 0.4) is 0 Å². The Balaban J connectivity index is 2.10. The molecule has 0 saturated carbocycles. The first-order valence-electron chi connectivity index (χ1n) is 7.21. The topological polar surface area (TPSA) is 41.5 Å². The van der Waals surface area contributed by atoms with Gasteiger partial charge in [-0.3, -0.25) is 4.79 Å². The van der Waals surface area contributed by atoms with Gasteiger partial charge in [-0.15, -0.1) is 0 Å². The smallest absolute Gasteiger partial charge is 0.267 e. The van der Waals surface area contributed by atoms with Crippen LogP contribution in [0.4, 0.5) is 0 Å². The lowest BCUT2D eigenvalue weighted by molar-refractivity contribution is 0.0955. The summed E-state index contributed by atoms with van der Waals surface area (Å²) in [5, 5.41) is 4.58. The number of hydrogen-bond donors (Lipinski definition) is 1. The fourth-order valence-electron chi connectivity index (χ4n) is 2.05. The molecule has 0 bridgehead atoms. The van der Waals surface area contributed by atoms with Crippen molar-refractivity contribution in [1.29, 1.82) is 0 Å². The van der Waals surface area contributed by atoms with Crippen LogP contribution in [-0.4, -0.2) is 11.6 Å². The van der Waals surface area contributed by atoms with E-state index >= 15 is 0 Å². The largest absolute Gasteiger partial charge is 0.272 e. The molecule has 0 aliphatic heterocycles. The molecule has 1 N–H and O–H groups in total. The lowest BCUT2D eigenvalue weighted by Crippen LogP contribution is -2.19. The molecule has 0 saturated heterocycles. The first-order chi connectivity index (χ1) is 10.5. The molecule has 0 aromatic heterocycles. The van der Waals surface area contributed by atoms with E-state index in [2.05, 4.69) is 29.6 Å². The van der Waals surface area contributed by atoms with Gasteiger partial charge in [0.05, 0.1) is 16.3 Å². The van der Waals surface area contributed by atoms with E-state index in [1.807, 2.05) is 32.0 Å². The molecule has 3 nitrogen and oxygen atoms in total. The van der Waals surface area contributed by atoms with E-state index in [0.717, 1.165) is 23.3 Å². The maximum atomic E-state index is 12.1. The van der Waals surface area contributed by atoms with Gasteiger partial charge in [-0.1, -0.05) is 48.9 Å². The first-order valence-corrected chi connectivity index (χ1v) is 7.59. The highest BCUT2D eigenvalue weighted by Gasteiger charge is 2.09. The summed E-state index contributed by atoms with van der Waals surface area (Å²) >= 11 is 6.08. The minimum atomic E-state index is -0.311. The second-order valence-electron chi connectivity index (χ2n) is 5.17. The highest BCUT2D eigenvalue weighted by Crippen LogP contribution is 2.17. The van der Waals surface area contributed by atoms with E-state index in [1.165, 1.54) is 5.56 Å². The third kappa shape index (κ3) is 3.95. The molecule has 0 aliphatic rings. The zero-order valence-corrected chi connectivity index (χ0v) is 13.7. The van der Waals surface area contributed by atoms with Crippen LogP contribution >= 0.6 is 11.6 Å². The molecule has 0 heterocycles. The van der Waals surface area contributed by atoms with Gasteiger partial charge in [-0.25, -0.2) is 5.43 Å². The van der Waals surface area contributed by atoms with Crippen molar-refractivity contribution in [3.05, 3.63) is 69.7 Å². The molecule has 2 aromatic rings. The average Bonchev–Trinajstić information content (AvgIpc) is 2.52. The number of nitrogens with one attached hydrogen (secondary N) is 1. The van der Waals surface area contributed by atoms with E-state index in [1.54, 1.807) is 12.1 Å². The fraction of sp³-hybridized carbons (Fsp3) is 0.222. The molecule has 0 radical (unpaired) electrons. The number of rotatable bonds is 4. The number of nitrogens with zero attached hydrogens (tertiary/aromatic N) is 1. The van der Waals surface area contributed by atoms with Crippen molar-refractivity contribution >= 4 is 23.2 Å². The van der Waals surface area contributed by atoms with E-state index in [4.69, 9.17) is 11.6 Å². The van der Waals surface area contributed by atoms with Crippen molar-refractivity contribution in [3.63, 3.8) is 0 Å². The van der Waals surface area contributed by atoms with Crippen LogP contribution in [0.25, 0.3) is 0 Å². The number of hydrogen-bond acceptors (Lipinski definition) is 2. The maximum absolute atomic E-state index is 12.1. The Hall–Kier alpha value is -2.13. The fourth-order valence-corrected chi connectivity index (χ4v) is 2.37. The Morgan fingerprint density at radius 2 is 1.86 bits per heavy atom. The minimum Gasteiger partial charge on any atom is -0.267 e. The molecular formula is C18H19ClN2O. The van der Waals surface area contributed by atoms with E-state index < -0.39 is 0 Å². The van der Waals surface area contributed by atoms with Gasteiger partial charge in [-0.05, 0) is 49.1 Å².